The molecule has 0 spiro atoms. The quantitative estimate of drug-likeness (QED) is 0.838. The third-order valence-corrected chi connectivity index (χ3v) is 2.41. The molecule has 0 aliphatic heterocycles. The number of carbonyl (C=O) groups is 1. The second-order valence-electron chi connectivity index (χ2n) is 3.75. The summed E-state index contributed by atoms with van der Waals surface area (Å²) < 4.78 is 26.1. The summed E-state index contributed by atoms with van der Waals surface area (Å²) in [4.78, 5) is 11.6. The molecule has 1 unspecified atom stereocenters. The molecule has 16 heavy (non-hydrogen) atoms. The number of halogens is 2. The highest BCUT2D eigenvalue weighted by atomic mass is 19.2. The summed E-state index contributed by atoms with van der Waals surface area (Å²) in [5.74, 6) is -2.15. The Kier molecular flexibility index (Phi) is 4.55. The Morgan fingerprint density at radius 3 is 2.75 bits per heavy atom. The van der Waals surface area contributed by atoms with Crippen LogP contribution in [-0.2, 0) is 11.2 Å². The molecule has 0 radical (unpaired) electrons. The van der Waals surface area contributed by atoms with E-state index in [1.54, 1.807) is 0 Å². The van der Waals surface area contributed by atoms with E-state index in [0.717, 1.165) is 12.5 Å². The zero-order valence-corrected chi connectivity index (χ0v) is 9.17. The van der Waals surface area contributed by atoms with E-state index in [1.807, 2.05) is 6.92 Å². The minimum Gasteiger partial charge on any atom is -0.321 e. The van der Waals surface area contributed by atoms with Gasteiger partial charge < -0.3 is 5.73 Å². The SMILES string of the molecule is CCCC(N)C(=O)Cc1cccc(F)c1F. The lowest BCUT2D eigenvalue weighted by Crippen LogP contribution is -2.31. The molecule has 88 valence electrons. The summed E-state index contributed by atoms with van der Waals surface area (Å²) in [6, 6.07) is 3.21. The summed E-state index contributed by atoms with van der Waals surface area (Å²) in [6.07, 6.45) is 1.21. The van der Waals surface area contributed by atoms with E-state index in [2.05, 4.69) is 0 Å². The Hall–Kier alpha value is -1.29. The van der Waals surface area contributed by atoms with Gasteiger partial charge in [0.2, 0.25) is 0 Å². The predicted octanol–water partition coefficient (Wildman–Crippen LogP) is 2.20. The van der Waals surface area contributed by atoms with Crippen LogP contribution >= 0.6 is 0 Å². The van der Waals surface area contributed by atoms with E-state index in [-0.39, 0.29) is 17.8 Å². The fraction of sp³-hybridized carbons (Fsp3) is 0.417. The van der Waals surface area contributed by atoms with E-state index < -0.39 is 17.7 Å². The molecule has 1 rings (SSSR count). The monoisotopic (exact) mass is 227 g/mol. The molecule has 0 aliphatic rings. The molecule has 0 aromatic heterocycles. The highest BCUT2D eigenvalue weighted by Crippen LogP contribution is 2.13. The lowest BCUT2D eigenvalue weighted by Gasteiger charge is -2.09. The molecule has 1 atom stereocenters. The first-order valence-electron chi connectivity index (χ1n) is 5.27. The van der Waals surface area contributed by atoms with Gasteiger partial charge in [-0.3, -0.25) is 4.79 Å². The van der Waals surface area contributed by atoms with Gasteiger partial charge in [0.25, 0.3) is 0 Å². The van der Waals surface area contributed by atoms with Crippen molar-refractivity contribution in [3.8, 4) is 0 Å². The summed E-state index contributed by atoms with van der Waals surface area (Å²) in [6.45, 7) is 1.91. The molecule has 0 amide bonds. The fourth-order valence-electron chi connectivity index (χ4n) is 1.48. The number of nitrogens with two attached hydrogens (primary N) is 1. The minimum atomic E-state index is -0.959. The Morgan fingerprint density at radius 2 is 2.12 bits per heavy atom. The largest absolute Gasteiger partial charge is 0.321 e. The van der Waals surface area contributed by atoms with Crippen LogP contribution in [0.3, 0.4) is 0 Å². The third-order valence-electron chi connectivity index (χ3n) is 2.41. The van der Waals surface area contributed by atoms with Crippen molar-refractivity contribution in [2.45, 2.75) is 32.2 Å². The van der Waals surface area contributed by atoms with Crippen molar-refractivity contribution in [1.82, 2.24) is 0 Å². The van der Waals surface area contributed by atoms with Gasteiger partial charge in [-0.05, 0) is 18.1 Å². The number of ketones is 1. The molecule has 1 aromatic rings. The van der Waals surface area contributed by atoms with Crippen LogP contribution in [0.5, 0.6) is 0 Å². The summed E-state index contributed by atoms with van der Waals surface area (Å²) >= 11 is 0. The maximum absolute atomic E-state index is 13.2. The smallest absolute Gasteiger partial charge is 0.162 e. The second-order valence-corrected chi connectivity index (χ2v) is 3.75. The zero-order valence-electron chi connectivity index (χ0n) is 9.17. The van der Waals surface area contributed by atoms with Crippen LogP contribution in [0.15, 0.2) is 18.2 Å². The van der Waals surface area contributed by atoms with E-state index in [1.165, 1.54) is 12.1 Å². The second kappa shape index (κ2) is 5.70. The fourth-order valence-corrected chi connectivity index (χ4v) is 1.48. The Balaban J connectivity index is 2.73. The predicted molar refractivity (Wildman–Crippen MR) is 58.0 cm³/mol. The number of hydrogen-bond acceptors (Lipinski definition) is 2. The summed E-state index contributed by atoms with van der Waals surface area (Å²) in [5.41, 5.74) is 5.66. The van der Waals surface area contributed by atoms with Crippen LogP contribution in [0.1, 0.15) is 25.3 Å². The van der Waals surface area contributed by atoms with Crippen molar-refractivity contribution in [2.75, 3.05) is 0 Å². The third kappa shape index (κ3) is 3.10. The first-order chi connectivity index (χ1) is 7.56. The van der Waals surface area contributed by atoms with Gasteiger partial charge in [-0.15, -0.1) is 0 Å². The van der Waals surface area contributed by atoms with Crippen LogP contribution in [0.2, 0.25) is 0 Å². The standard InChI is InChI=1S/C12H15F2NO/c1-2-4-10(15)11(16)7-8-5-3-6-9(13)12(8)14/h3,5-6,10H,2,4,7,15H2,1H3. The van der Waals surface area contributed by atoms with Crippen LogP contribution in [-0.4, -0.2) is 11.8 Å². The molecular weight excluding hydrogens is 212 g/mol. The number of hydrogen-bond donors (Lipinski definition) is 1. The van der Waals surface area contributed by atoms with Crippen molar-refractivity contribution in [3.63, 3.8) is 0 Å². The first-order valence-corrected chi connectivity index (χ1v) is 5.27. The van der Waals surface area contributed by atoms with E-state index in [9.17, 15) is 13.6 Å². The lowest BCUT2D eigenvalue weighted by molar-refractivity contribution is -0.119. The Bertz CT molecular complexity index is 379. The molecule has 0 bridgehead atoms. The highest BCUT2D eigenvalue weighted by Gasteiger charge is 2.16. The van der Waals surface area contributed by atoms with Gasteiger partial charge in [0.15, 0.2) is 17.4 Å². The molecule has 0 fully saturated rings. The maximum Gasteiger partial charge on any atom is 0.162 e. The van der Waals surface area contributed by atoms with Crippen LogP contribution in [0.4, 0.5) is 8.78 Å². The normalized spacial score (nSPS) is 12.5. The molecule has 0 heterocycles. The van der Waals surface area contributed by atoms with Gasteiger partial charge in [-0.1, -0.05) is 25.5 Å². The summed E-state index contributed by atoms with van der Waals surface area (Å²) in [7, 11) is 0. The molecule has 0 aliphatic carbocycles. The molecule has 4 heteroatoms. The van der Waals surface area contributed by atoms with E-state index in [4.69, 9.17) is 5.73 Å². The van der Waals surface area contributed by atoms with Gasteiger partial charge >= 0.3 is 0 Å². The topological polar surface area (TPSA) is 43.1 Å². The van der Waals surface area contributed by atoms with Crippen LogP contribution in [0.25, 0.3) is 0 Å². The zero-order chi connectivity index (χ0) is 12.1. The van der Waals surface area contributed by atoms with Crippen LogP contribution < -0.4 is 5.73 Å². The van der Waals surface area contributed by atoms with Crippen molar-refractivity contribution < 1.29 is 13.6 Å². The summed E-state index contributed by atoms with van der Waals surface area (Å²) in [5, 5.41) is 0. The minimum absolute atomic E-state index is 0.0663. The number of rotatable bonds is 5. The Morgan fingerprint density at radius 1 is 1.44 bits per heavy atom. The van der Waals surface area contributed by atoms with Crippen molar-refractivity contribution in [2.24, 2.45) is 5.73 Å². The van der Waals surface area contributed by atoms with Crippen molar-refractivity contribution >= 4 is 5.78 Å². The maximum atomic E-state index is 13.2. The molecule has 2 N–H and O–H groups in total. The molecule has 0 saturated carbocycles. The van der Waals surface area contributed by atoms with Crippen molar-refractivity contribution in [3.05, 3.63) is 35.4 Å². The molecular formula is C12H15F2NO. The molecule has 1 aromatic carbocycles. The molecule has 0 saturated heterocycles. The van der Waals surface area contributed by atoms with Crippen LogP contribution in [0, 0.1) is 11.6 Å². The average Bonchev–Trinajstić information content (AvgIpc) is 2.25. The Labute approximate surface area is 93.5 Å². The molecule has 2 nitrogen and oxygen atoms in total. The van der Waals surface area contributed by atoms with Gasteiger partial charge in [0.05, 0.1) is 6.04 Å². The average molecular weight is 227 g/mol. The van der Waals surface area contributed by atoms with Gasteiger partial charge in [0.1, 0.15) is 0 Å². The van der Waals surface area contributed by atoms with E-state index >= 15 is 0 Å². The number of carbonyl (C=O) groups excluding carboxylic acids is 1. The van der Waals surface area contributed by atoms with Gasteiger partial charge in [-0.2, -0.15) is 0 Å². The number of benzene rings is 1. The number of Topliss-reactive ketones (excluding diaryl/α,β-unsaturated/α-hetero) is 1. The lowest BCUT2D eigenvalue weighted by atomic mass is 10.0. The first kappa shape index (κ1) is 12.8. The van der Waals surface area contributed by atoms with Crippen molar-refractivity contribution in [1.29, 1.82) is 0 Å². The highest BCUT2D eigenvalue weighted by molar-refractivity contribution is 5.85. The van der Waals surface area contributed by atoms with E-state index in [0.29, 0.717) is 6.42 Å². The van der Waals surface area contributed by atoms with Gasteiger partial charge in [-0.25, -0.2) is 8.78 Å². The van der Waals surface area contributed by atoms with Gasteiger partial charge in [0, 0.05) is 6.42 Å².